The minimum atomic E-state index is -0.446. The number of nitrogens with one attached hydrogen (secondary N) is 1. The molecule has 1 amide bonds. The first-order valence-electron chi connectivity index (χ1n) is 3.88. The highest BCUT2D eigenvalue weighted by molar-refractivity contribution is 6.33. The van der Waals surface area contributed by atoms with Crippen molar-refractivity contribution in [2.45, 2.75) is 6.92 Å². The standard InChI is InChI=1S/C9H9ClFNO/c1-2-12-9(13)7-4-3-6(11)5-8(7)10/h3-5H,2H2,1H3,(H,12,13). The number of carbonyl (C=O) groups is 1. The average Bonchev–Trinajstić information content (AvgIpc) is 2.04. The van der Waals surface area contributed by atoms with E-state index >= 15 is 0 Å². The second-order valence-corrected chi connectivity index (χ2v) is 2.89. The smallest absolute Gasteiger partial charge is 0.252 e. The van der Waals surface area contributed by atoms with Crippen LogP contribution in [0.4, 0.5) is 4.39 Å². The van der Waals surface area contributed by atoms with Crippen LogP contribution in [0.3, 0.4) is 0 Å². The zero-order valence-corrected chi connectivity index (χ0v) is 7.86. The van der Waals surface area contributed by atoms with Crippen LogP contribution < -0.4 is 5.32 Å². The molecule has 2 nitrogen and oxygen atoms in total. The number of rotatable bonds is 2. The first kappa shape index (κ1) is 9.99. The molecule has 0 saturated heterocycles. The third-order valence-corrected chi connectivity index (χ3v) is 1.83. The van der Waals surface area contributed by atoms with Crippen molar-refractivity contribution >= 4 is 17.5 Å². The molecule has 70 valence electrons. The van der Waals surface area contributed by atoms with E-state index < -0.39 is 5.82 Å². The second-order valence-electron chi connectivity index (χ2n) is 2.48. The third kappa shape index (κ3) is 2.42. The molecule has 1 rings (SSSR count). The van der Waals surface area contributed by atoms with Gasteiger partial charge in [0.2, 0.25) is 0 Å². The van der Waals surface area contributed by atoms with E-state index in [2.05, 4.69) is 5.32 Å². The molecule has 0 bridgehead atoms. The molecule has 0 radical (unpaired) electrons. The minimum Gasteiger partial charge on any atom is -0.352 e. The van der Waals surface area contributed by atoms with Gasteiger partial charge in [0.25, 0.3) is 5.91 Å². The molecule has 0 aliphatic carbocycles. The molecule has 0 unspecified atom stereocenters. The van der Waals surface area contributed by atoms with Crippen molar-refractivity contribution in [3.05, 3.63) is 34.6 Å². The summed E-state index contributed by atoms with van der Waals surface area (Å²) >= 11 is 5.66. The molecule has 0 aromatic heterocycles. The van der Waals surface area contributed by atoms with Gasteiger partial charge in [-0.3, -0.25) is 4.79 Å². The highest BCUT2D eigenvalue weighted by Crippen LogP contribution is 2.16. The van der Waals surface area contributed by atoms with Crippen molar-refractivity contribution in [2.24, 2.45) is 0 Å². The summed E-state index contributed by atoms with van der Waals surface area (Å²) in [5.74, 6) is -0.731. The molecule has 1 aromatic rings. The van der Waals surface area contributed by atoms with Gasteiger partial charge in [0.15, 0.2) is 0 Å². The predicted molar refractivity (Wildman–Crippen MR) is 49.4 cm³/mol. The highest BCUT2D eigenvalue weighted by Gasteiger charge is 2.09. The molecule has 1 aromatic carbocycles. The van der Waals surface area contributed by atoms with Gasteiger partial charge in [-0.2, -0.15) is 0 Å². The topological polar surface area (TPSA) is 29.1 Å². The van der Waals surface area contributed by atoms with Crippen LogP contribution in [0, 0.1) is 5.82 Å². The fourth-order valence-corrected chi connectivity index (χ4v) is 1.18. The lowest BCUT2D eigenvalue weighted by Crippen LogP contribution is -2.22. The number of halogens is 2. The highest BCUT2D eigenvalue weighted by atomic mass is 35.5. The van der Waals surface area contributed by atoms with Gasteiger partial charge in [0.1, 0.15) is 5.82 Å². The fourth-order valence-electron chi connectivity index (χ4n) is 0.929. The Balaban J connectivity index is 2.95. The maximum Gasteiger partial charge on any atom is 0.252 e. The van der Waals surface area contributed by atoms with E-state index in [4.69, 9.17) is 11.6 Å². The molecule has 0 fully saturated rings. The monoisotopic (exact) mass is 201 g/mol. The average molecular weight is 202 g/mol. The van der Waals surface area contributed by atoms with Crippen LogP contribution in [0.15, 0.2) is 18.2 Å². The molecule has 0 aliphatic rings. The summed E-state index contributed by atoms with van der Waals surface area (Å²) in [4.78, 5) is 11.3. The van der Waals surface area contributed by atoms with Crippen molar-refractivity contribution in [3.63, 3.8) is 0 Å². The zero-order valence-electron chi connectivity index (χ0n) is 7.10. The Morgan fingerprint density at radius 1 is 1.62 bits per heavy atom. The van der Waals surface area contributed by atoms with Gasteiger partial charge < -0.3 is 5.32 Å². The van der Waals surface area contributed by atoms with E-state index in [0.29, 0.717) is 12.1 Å². The zero-order chi connectivity index (χ0) is 9.84. The minimum absolute atomic E-state index is 0.131. The Morgan fingerprint density at radius 3 is 2.85 bits per heavy atom. The maximum absolute atomic E-state index is 12.6. The van der Waals surface area contributed by atoms with Crippen LogP contribution in [0.1, 0.15) is 17.3 Å². The van der Waals surface area contributed by atoms with Gasteiger partial charge in [0, 0.05) is 6.54 Å². The van der Waals surface area contributed by atoms with Gasteiger partial charge in [-0.1, -0.05) is 11.6 Å². The maximum atomic E-state index is 12.6. The Labute approximate surface area is 80.7 Å². The number of benzene rings is 1. The Kier molecular flexibility index (Phi) is 3.25. The summed E-state index contributed by atoms with van der Waals surface area (Å²) in [6.07, 6.45) is 0. The normalized spacial score (nSPS) is 9.77. The van der Waals surface area contributed by atoms with E-state index in [0.717, 1.165) is 6.07 Å². The van der Waals surface area contributed by atoms with Crippen molar-refractivity contribution in [1.29, 1.82) is 0 Å². The lowest BCUT2D eigenvalue weighted by molar-refractivity contribution is 0.0956. The van der Waals surface area contributed by atoms with E-state index in [1.165, 1.54) is 12.1 Å². The quantitative estimate of drug-likeness (QED) is 0.781. The Hall–Kier alpha value is -1.09. The molecule has 4 heteroatoms. The second kappa shape index (κ2) is 4.23. The summed E-state index contributed by atoms with van der Waals surface area (Å²) in [5.41, 5.74) is 0.296. The first-order valence-corrected chi connectivity index (χ1v) is 4.26. The van der Waals surface area contributed by atoms with Gasteiger partial charge in [-0.15, -0.1) is 0 Å². The lowest BCUT2D eigenvalue weighted by atomic mass is 10.2. The summed E-state index contributed by atoms with van der Waals surface area (Å²) < 4.78 is 12.6. The van der Waals surface area contributed by atoms with Crippen molar-refractivity contribution in [1.82, 2.24) is 5.32 Å². The van der Waals surface area contributed by atoms with Gasteiger partial charge in [-0.25, -0.2) is 4.39 Å². The lowest BCUT2D eigenvalue weighted by Gasteiger charge is -2.03. The molecular formula is C9H9ClFNO. The number of amides is 1. The molecule has 0 aliphatic heterocycles. The Morgan fingerprint density at radius 2 is 2.31 bits per heavy atom. The fraction of sp³-hybridized carbons (Fsp3) is 0.222. The molecule has 1 N–H and O–H groups in total. The SMILES string of the molecule is CCNC(=O)c1ccc(F)cc1Cl. The van der Waals surface area contributed by atoms with Gasteiger partial charge in [0.05, 0.1) is 10.6 Å². The predicted octanol–water partition coefficient (Wildman–Crippen LogP) is 2.23. The molecule has 0 saturated carbocycles. The third-order valence-electron chi connectivity index (χ3n) is 1.51. The van der Waals surface area contributed by atoms with Crippen LogP contribution in [-0.2, 0) is 0 Å². The molecule has 0 heterocycles. The molecule has 0 atom stereocenters. The van der Waals surface area contributed by atoms with Crippen molar-refractivity contribution in [3.8, 4) is 0 Å². The van der Waals surface area contributed by atoms with Crippen LogP contribution in [0.25, 0.3) is 0 Å². The van der Waals surface area contributed by atoms with E-state index in [1.54, 1.807) is 6.92 Å². The summed E-state index contributed by atoms with van der Waals surface area (Å²) in [5, 5.41) is 2.71. The van der Waals surface area contributed by atoms with Gasteiger partial charge >= 0.3 is 0 Å². The van der Waals surface area contributed by atoms with Crippen LogP contribution in [0.5, 0.6) is 0 Å². The molecule has 0 spiro atoms. The number of hydrogen-bond acceptors (Lipinski definition) is 1. The van der Waals surface area contributed by atoms with E-state index in [-0.39, 0.29) is 10.9 Å². The van der Waals surface area contributed by atoms with Crippen LogP contribution in [-0.4, -0.2) is 12.5 Å². The van der Waals surface area contributed by atoms with Crippen LogP contribution in [0.2, 0.25) is 5.02 Å². The number of hydrogen-bond donors (Lipinski definition) is 1. The number of carbonyl (C=O) groups excluding carboxylic acids is 1. The molecular weight excluding hydrogens is 193 g/mol. The summed E-state index contributed by atoms with van der Waals surface area (Å²) in [6, 6.07) is 3.69. The summed E-state index contributed by atoms with van der Waals surface area (Å²) in [6.45, 7) is 2.32. The van der Waals surface area contributed by atoms with Crippen molar-refractivity contribution in [2.75, 3.05) is 6.54 Å². The van der Waals surface area contributed by atoms with E-state index in [9.17, 15) is 9.18 Å². The van der Waals surface area contributed by atoms with E-state index in [1.807, 2.05) is 0 Å². The molecule has 13 heavy (non-hydrogen) atoms. The largest absolute Gasteiger partial charge is 0.352 e. The first-order chi connectivity index (χ1) is 6.15. The van der Waals surface area contributed by atoms with Crippen LogP contribution >= 0.6 is 11.6 Å². The Bertz CT molecular complexity index is 327. The van der Waals surface area contributed by atoms with Crippen molar-refractivity contribution < 1.29 is 9.18 Å². The van der Waals surface area contributed by atoms with Gasteiger partial charge in [-0.05, 0) is 25.1 Å². The summed E-state index contributed by atoms with van der Waals surface area (Å²) in [7, 11) is 0.